The van der Waals surface area contributed by atoms with Crippen LogP contribution in [0.15, 0.2) is 0 Å². The zero-order valence-corrected chi connectivity index (χ0v) is 12.4. The summed E-state index contributed by atoms with van der Waals surface area (Å²) in [5, 5.41) is 0.594. The second-order valence-electron chi connectivity index (χ2n) is 4.42. The van der Waals surface area contributed by atoms with Crippen LogP contribution in [-0.2, 0) is 11.2 Å². The summed E-state index contributed by atoms with van der Waals surface area (Å²) in [5.41, 5.74) is 7.50. The Balaban J connectivity index is 2.71. The standard InChI is InChI=1S/C14H23NO2S/c1-4-6-7-8-9-11-10(3)12(13(15)18-11)14(16)17-5-2/h4-9,15H2,1-3H3. The number of hydrogen-bond donors (Lipinski definition) is 1. The molecular weight excluding hydrogens is 246 g/mol. The van der Waals surface area contributed by atoms with Crippen LogP contribution in [0.2, 0.25) is 0 Å². The van der Waals surface area contributed by atoms with Crippen LogP contribution in [-0.4, -0.2) is 12.6 Å². The molecule has 18 heavy (non-hydrogen) atoms. The van der Waals surface area contributed by atoms with E-state index in [4.69, 9.17) is 10.5 Å². The van der Waals surface area contributed by atoms with Gasteiger partial charge in [0, 0.05) is 4.88 Å². The number of ether oxygens (including phenoxy) is 1. The molecule has 4 heteroatoms. The third-order valence-corrected chi connectivity index (χ3v) is 4.19. The number of unbranched alkanes of at least 4 members (excludes halogenated alkanes) is 3. The van der Waals surface area contributed by atoms with Crippen LogP contribution in [0.3, 0.4) is 0 Å². The Morgan fingerprint density at radius 3 is 2.61 bits per heavy atom. The van der Waals surface area contributed by atoms with Gasteiger partial charge in [0.15, 0.2) is 0 Å². The molecule has 0 spiro atoms. The number of carbonyl (C=O) groups is 1. The molecule has 0 aliphatic heterocycles. The smallest absolute Gasteiger partial charge is 0.341 e. The maximum absolute atomic E-state index is 11.8. The molecule has 0 saturated heterocycles. The lowest BCUT2D eigenvalue weighted by molar-refractivity contribution is 0.0527. The second-order valence-corrected chi connectivity index (χ2v) is 5.56. The van der Waals surface area contributed by atoms with Gasteiger partial charge in [-0.3, -0.25) is 0 Å². The van der Waals surface area contributed by atoms with Crippen LogP contribution in [0.1, 0.15) is 60.3 Å². The van der Waals surface area contributed by atoms with Gasteiger partial charge in [0.25, 0.3) is 0 Å². The van der Waals surface area contributed by atoms with Crippen LogP contribution in [0, 0.1) is 6.92 Å². The largest absolute Gasteiger partial charge is 0.462 e. The highest BCUT2D eigenvalue weighted by Gasteiger charge is 2.19. The van der Waals surface area contributed by atoms with Gasteiger partial charge in [-0.2, -0.15) is 0 Å². The van der Waals surface area contributed by atoms with E-state index < -0.39 is 0 Å². The number of nitrogen functional groups attached to an aromatic ring is 1. The molecule has 3 nitrogen and oxygen atoms in total. The van der Waals surface area contributed by atoms with Crippen molar-refractivity contribution < 1.29 is 9.53 Å². The lowest BCUT2D eigenvalue weighted by Gasteiger charge is -2.03. The first-order chi connectivity index (χ1) is 8.61. The van der Waals surface area contributed by atoms with Crippen LogP contribution >= 0.6 is 11.3 Å². The van der Waals surface area contributed by atoms with Crippen molar-refractivity contribution in [2.45, 2.75) is 52.9 Å². The van der Waals surface area contributed by atoms with Crippen LogP contribution in [0.25, 0.3) is 0 Å². The molecular formula is C14H23NO2S. The van der Waals surface area contributed by atoms with E-state index in [1.165, 1.54) is 35.5 Å². The molecule has 1 rings (SSSR count). The van der Waals surface area contributed by atoms with E-state index in [1.54, 1.807) is 6.92 Å². The second kappa shape index (κ2) is 7.41. The summed E-state index contributed by atoms with van der Waals surface area (Å²) >= 11 is 1.53. The van der Waals surface area contributed by atoms with Crippen molar-refractivity contribution in [2.24, 2.45) is 0 Å². The maximum Gasteiger partial charge on any atom is 0.341 e. The molecule has 1 aromatic rings. The number of nitrogens with two attached hydrogens (primary N) is 1. The number of aryl methyl sites for hydroxylation is 1. The maximum atomic E-state index is 11.8. The summed E-state index contributed by atoms with van der Waals surface area (Å²) in [6, 6.07) is 0. The van der Waals surface area contributed by atoms with Crippen LogP contribution < -0.4 is 5.73 Å². The number of carbonyl (C=O) groups excluding carboxylic acids is 1. The zero-order valence-electron chi connectivity index (χ0n) is 11.5. The molecule has 0 amide bonds. The van der Waals surface area contributed by atoms with Crippen LogP contribution in [0.5, 0.6) is 0 Å². The minimum atomic E-state index is -0.288. The summed E-state index contributed by atoms with van der Waals surface area (Å²) in [5.74, 6) is -0.288. The van der Waals surface area contributed by atoms with Gasteiger partial charge in [-0.15, -0.1) is 11.3 Å². The average Bonchev–Trinajstić information content (AvgIpc) is 2.60. The van der Waals surface area contributed by atoms with E-state index in [9.17, 15) is 4.79 Å². The number of hydrogen-bond acceptors (Lipinski definition) is 4. The molecule has 0 aliphatic carbocycles. The summed E-state index contributed by atoms with van der Waals surface area (Å²) in [4.78, 5) is 13.0. The number of rotatable bonds is 7. The average molecular weight is 269 g/mol. The summed E-state index contributed by atoms with van der Waals surface area (Å²) < 4.78 is 5.03. The fourth-order valence-electron chi connectivity index (χ4n) is 1.99. The monoisotopic (exact) mass is 269 g/mol. The van der Waals surface area contributed by atoms with Gasteiger partial charge in [0.2, 0.25) is 0 Å². The zero-order chi connectivity index (χ0) is 13.5. The molecule has 0 bridgehead atoms. The quantitative estimate of drug-likeness (QED) is 0.602. The lowest BCUT2D eigenvalue weighted by atomic mass is 10.1. The minimum absolute atomic E-state index is 0.288. The molecule has 0 aliphatic rings. The topological polar surface area (TPSA) is 52.3 Å². The van der Waals surface area contributed by atoms with E-state index in [-0.39, 0.29) is 5.97 Å². The summed E-state index contributed by atoms with van der Waals surface area (Å²) in [6.45, 7) is 6.36. The number of esters is 1. The van der Waals surface area contributed by atoms with Crippen molar-refractivity contribution in [3.05, 3.63) is 16.0 Å². The molecule has 0 atom stereocenters. The molecule has 1 aromatic heterocycles. The normalized spacial score (nSPS) is 10.6. The van der Waals surface area contributed by atoms with Gasteiger partial charge in [-0.25, -0.2) is 4.79 Å². The van der Waals surface area contributed by atoms with Crippen molar-refractivity contribution in [1.82, 2.24) is 0 Å². The van der Waals surface area contributed by atoms with Crippen molar-refractivity contribution in [2.75, 3.05) is 12.3 Å². The number of anilines is 1. The highest BCUT2D eigenvalue weighted by molar-refractivity contribution is 7.16. The summed E-state index contributed by atoms with van der Waals surface area (Å²) in [6.07, 6.45) is 5.92. The first-order valence-electron chi connectivity index (χ1n) is 6.66. The SMILES string of the molecule is CCCCCCc1sc(N)c(C(=O)OCC)c1C. The lowest BCUT2D eigenvalue weighted by Crippen LogP contribution is -2.07. The van der Waals surface area contributed by atoms with Crippen LogP contribution in [0.4, 0.5) is 5.00 Å². The van der Waals surface area contributed by atoms with E-state index in [0.717, 1.165) is 18.4 Å². The molecule has 0 unspecified atom stereocenters. The number of thiophene rings is 1. The van der Waals surface area contributed by atoms with E-state index in [0.29, 0.717) is 17.2 Å². The third-order valence-electron chi connectivity index (χ3n) is 3.01. The Hall–Kier alpha value is -1.03. The fraction of sp³-hybridized carbons (Fsp3) is 0.643. The molecule has 0 aromatic carbocycles. The van der Waals surface area contributed by atoms with Crippen molar-refractivity contribution in [3.8, 4) is 0 Å². The van der Waals surface area contributed by atoms with Crippen molar-refractivity contribution in [3.63, 3.8) is 0 Å². The van der Waals surface area contributed by atoms with Gasteiger partial charge < -0.3 is 10.5 Å². The third kappa shape index (κ3) is 3.73. The highest BCUT2D eigenvalue weighted by atomic mass is 32.1. The Morgan fingerprint density at radius 2 is 2.00 bits per heavy atom. The van der Waals surface area contributed by atoms with E-state index in [2.05, 4.69) is 6.92 Å². The van der Waals surface area contributed by atoms with E-state index in [1.807, 2.05) is 6.92 Å². The molecule has 0 radical (unpaired) electrons. The van der Waals surface area contributed by atoms with Gasteiger partial charge in [-0.05, 0) is 32.3 Å². The fourth-order valence-corrected chi connectivity index (χ4v) is 3.10. The first-order valence-corrected chi connectivity index (χ1v) is 7.48. The predicted octanol–water partition coefficient (Wildman–Crippen LogP) is 3.94. The minimum Gasteiger partial charge on any atom is -0.462 e. The molecule has 0 fully saturated rings. The van der Waals surface area contributed by atoms with Crippen molar-refractivity contribution >= 4 is 22.3 Å². The predicted molar refractivity (Wildman–Crippen MR) is 77.3 cm³/mol. The molecule has 102 valence electrons. The summed E-state index contributed by atoms with van der Waals surface area (Å²) in [7, 11) is 0. The molecule has 2 N–H and O–H groups in total. The Kier molecular flexibility index (Phi) is 6.19. The molecule has 1 heterocycles. The first kappa shape index (κ1) is 15.0. The van der Waals surface area contributed by atoms with E-state index >= 15 is 0 Å². The van der Waals surface area contributed by atoms with Gasteiger partial charge in [0.1, 0.15) is 5.00 Å². The van der Waals surface area contributed by atoms with Gasteiger partial charge >= 0.3 is 5.97 Å². The molecule has 0 saturated carbocycles. The van der Waals surface area contributed by atoms with Gasteiger partial charge in [0.05, 0.1) is 12.2 Å². The Morgan fingerprint density at radius 1 is 1.28 bits per heavy atom. The van der Waals surface area contributed by atoms with Gasteiger partial charge in [-0.1, -0.05) is 26.2 Å². The van der Waals surface area contributed by atoms with Crippen molar-refractivity contribution in [1.29, 1.82) is 0 Å². The highest BCUT2D eigenvalue weighted by Crippen LogP contribution is 2.32. The Labute approximate surface area is 113 Å². The Bertz CT molecular complexity index is 399.